The molecule has 0 aliphatic carbocycles. The van der Waals surface area contributed by atoms with Crippen molar-refractivity contribution in [1.82, 2.24) is 35.4 Å². The van der Waals surface area contributed by atoms with Crippen LogP contribution in [0.3, 0.4) is 0 Å². The third-order valence-electron chi connectivity index (χ3n) is 5.53. The van der Waals surface area contributed by atoms with Gasteiger partial charge in [-0.15, -0.1) is 34.6 Å². The van der Waals surface area contributed by atoms with Crippen molar-refractivity contribution < 1.29 is 24.3 Å². The lowest BCUT2D eigenvalue weighted by Crippen LogP contribution is -2.71. The van der Waals surface area contributed by atoms with Crippen LogP contribution in [-0.2, 0) is 25.8 Å². The van der Waals surface area contributed by atoms with Crippen LogP contribution in [0, 0.1) is 12.3 Å². The normalized spacial score (nSPS) is 21.3. The lowest BCUT2D eigenvalue weighted by atomic mass is 10.0. The number of fused-ring (bicyclic) bond motifs is 1. The van der Waals surface area contributed by atoms with Gasteiger partial charge in [-0.3, -0.25) is 14.5 Å². The van der Waals surface area contributed by atoms with Crippen molar-refractivity contribution in [1.29, 1.82) is 0 Å². The van der Waals surface area contributed by atoms with Gasteiger partial charge in [-0.2, -0.15) is 11.8 Å². The van der Waals surface area contributed by atoms with Crippen molar-refractivity contribution in [2.45, 2.75) is 29.2 Å². The zero-order valence-corrected chi connectivity index (χ0v) is 22.6. The van der Waals surface area contributed by atoms with Crippen LogP contribution in [0.15, 0.2) is 27.0 Å². The van der Waals surface area contributed by atoms with Crippen LogP contribution in [-0.4, -0.2) is 99.2 Å². The number of rotatable bonds is 10. The van der Waals surface area contributed by atoms with Crippen molar-refractivity contribution in [3.8, 4) is 12.3 Å². The molecule has 5 heterocycles. The second-order valence-electron chi connectivity index (χ2n) is 8.01. The molecule has 1 unspecified atom stereocenters. The second-order valence-corrected chi connectivity index (χ2v) is 12.0. The van der Waals surface area contributed by atoms with Crippen molar-refractivity contribution in [2.75, 3.05) is 28.7 Å². The number of nitrogens with zero attached hydrogens (tertiary/aromatic N) is 7. The summed E-state index contributed by atoms with van der Waals surface area (Å²) < 4.78 is 1.42. The number of carboxylic acid groups (broad SMARTS) is 1. The highest BCUT2D eigenvalue weighted by Crippen LogP contribution is 2.41. The van der Waals surface area contributed by atoms with E-state index < -0.39 is 29.2 Å². The number of carboxylic acids is 1. The molecule has 18 heteroatoms. The van der Waals surface area contributed by atoms with Crippen LogP contribution < -0.4 is 11.1 Å². The van der Waals surface area contributed by atoms with E-state index in [-0.39, 0.29) is 40.6 Å². The quantitative estimate of drug-likeness (QED) is 0.107. The number of hydrogen-bond donors (Lipinski definition) is 3. The van der Waals surface area contributed by atoms with Crippen molar-refractivity contribution in [2.24, 2.45) is 5.16 Å². The van der Waals surface area contributed by atoms with E-state index in [4.69, 9.17) is 17.0 Å². The highest BCUT2D eigenvalue weighted by atomic mass is 32.2. The number of tetrazole rings is 1. The van der Waals surface area contributed by atoms with Gasteiger partial charge in [-0.25, -0.2) is 14.5 Å². The molecular formula is C20H19N9O5S4. The molecule has 2 aromatic heterocycles. The fourth-order valence-electron chi connectivity index (χ4n) is 3.64. The minimum Gasteiger partial charge on any atom is -0.477 e. The van der Waals surface area contributed by atoms with Gasteiger partial charge in [-0.05, 0) is 16.0 Å². The Kier molecular flexibility index (Phi) is 7.78. The third-order valence-corrected chi connectivity index (χ3v) is 9.80. The number of carbonyl (C=O) groups is 3. The van der Waals surface area contributed by atoms with E-state index >= 15 is 0 Å². The van der Waals surface area contributed by atoms with Gasteiger partial charge in [0, 0.05) is 28.4 Å². The number of terminal acetylenes is 1. The SMILES string of the molecule is C#CCn1nnnc1SCC1=C(C(=O)O)N2C(=O)C(NC(=O)C(=NOC3CSC3)c3csc(N)n3)[C@H]2SC1. The zero-order chi connectivity index (χ0) is 26.8. The molecule has 2 saturated heterocycles. The zero-order valence-electron chi connectivity index (χ0n) is 19.3. The summed E-state index contributed by atoms with van der Waals surface area (Å²) in [4.78, 5) is 49.1. The maximum absolute atomic E-state index is 13.1. The van der Waals surface area contributed by atoms with E-state index in [9.17, 15) is 19.5 Å². The minimum absolute atomic E-state index is 0.0994. The summed E-state index contributed by atoms with van der Waals surface area (Å²) in [7, 11) is 0. The molecule has 0 bridgehead atoms. The van der Waals surface area contributed by atoms with Crippen LogP contribution in [0.2, 0.25) is 0 Å². The van der Waals surface area contributed by atoms with Gasteiger partial charge in [-0.1, -0.05) is 22.8 Å². The molecule has 38 heavy (non-hydrogen) atoms. The Balaban J connectivity index is 1.30. The van der Waals surface area contributed by atoms with Crippen molar-refractivity contribution in [3.63, 3.8) is 0 Å². The smallest absolute Gasteiger partial charge is 0.352 e. The van der Waals surface area contributed by atoms with Crippen molar-refractivity contribution >= 4 is 75.2 Å². The molecule has 2 amide bonds. The number of thioether (sulfide) groups is 3. The Morgan fingerprint density at radius 1 is 1.42 bits per heavy atom. The van der Waals surface area contributed by atoms with Gasteiger partial charge < -0.3 is 21.0 Å². The molecule has 14 nitrogen and oxygen atoms in total. The Labute approximate surface area is 232 Å². The average Bonchev–Trinajstić information content (AvgIpc) is 3.50. The van der Waals surface area contributed by atoms with Crippen LogP contribution in [0.1, 0.15) is 5.69 Å². The molecule has 2 aromatic rings. The highest BCUT2D eigenvalue weighted by molar-refractivity contribution is 8.01. The molecule has 4 N–H and O–H groups in total. The lowest BCUT2D eigenvalue weighted by molar-refractivity contribution is -0.150. The van der Waals surface area contributed by atoms with E-state index in [1.54, 1.807) is 17.1 Å². The van der Waals surface area contributed by atoms with E-state index in [1.807, 2.05) is 0 Å². The summed E-state index contributed by atoms with van der Waals surface area (Å²) in [5, 5.41) is 29.6. The summed E-state index contributed by atoms with van der Waals surface area (Å²) in [5.41, 5.74) is 6.27. The Hall–Kier alpha value is -3.27. The lowest BCUT2D eigenvalue weighted by Gasteiger charge is -2.49. The maximum Gasteiger partial charge on any atom is 0.352 e. The highest BCUT2D eigenvalue weighted by Gasteiger charge is 2.54. The van der Waals surface area contributed by atoms with Crippen LogP contribution >= 0.6 is 46.6 Å². The molecular weight excluding hydrogens is 575 g/mol. The van der Waals surface area contributed by atoms with Gasteiger partial charge in [0.2, 0.25) is 5.16 Å². The van der Waals surface area contributed by atoms with Crippen molar-refractivity contribution in [3.05, 3.63) is 22.3 Å². The molecule has 2 atom stereocenters. The predicted octanol–water partition coefficient (Wildman–Crippen LogP) is -0.288. The van der Waals surface area contributed by atoms with E-state index in [2.05, 4.69) is 36.9 Å². The number of amides is 2. The molecule has 3 aliphatic heterocycles. The third kappa shape index (κ3) is 5.18. The average molecular weight is 594 g/mol. The maximum atomic E-state index is 13.1. The number of β-lactam (4-membered cyclic amide) rings is 1. The Morgan fingerprint density at radius 2 is 2.24 bits per heavy atom. The number of thiazole rings is 1. The predicted molar refractivity (Wildman–Crippen MR) is 142 cm³/mol. The number of nitrogen functional groups attached to an aromatic ring is 1. The van der Waals surface area contributed by atoms with E-state index in [1.165, 1.54) is 33.1 Å². The fraction of sp³-hybridized carbons (Fsp3) is 0.400. The van der Waals surface area contributed by atoms with Crippen LogP contribution in [0.4, 0.5) is 5.13 Å². The molecule has 0 aromatic carbocycles. The Morgan fingerprint density at radius 3 is 2.89 bits per heavy atom. The number of oxime groups is 1. The summed E-state index contributed by atoms with van der Waals surface area (Å²) in [6.07, 6.45) is 5.21. The van der Waals surface area contributed by atoms with Crippen LogP contribution in [0.5, 0.6) is 0 Å². The first-order valence-electron chi connectivity index (χ1n) is 10.9. The monoisotopic (exact) mass is 593 g/mol. The summed E-state index contributed by atoms with van der Waals surface area (Å²) in [5.74, 6) is 2.10. The number of hydrogen-bond acceptors (Lipinski definition) is 14. The number of nitrogens with two attached hydrogens (primary N) is 1. The van der Waals surface area contributed by atoms with Gasteiger partial charge in [0.05, 0.1) is 0 Å². The minimum atomic E-state index is -1.24. The van der Waals surface area contributed by atoms with Gasteiger partial charge in [0.1, 0.15) is 35.5 Å². The standard InChI is InChI=1S/C20H19N9O5S4/c1-2-3-28-20(24-26-27-28)38-5-9-4-36-17-13(16(31)29(17)14(9)18(32)33)23-15(30)12(11-8-37-19(21)22-11)25-34-10-6-35-7-10/h1,8,10,13,17H,3-7H2,(H2,21,22)(H,23,30)(H,32,33)/t13?,17-/m1/s1. The fourth-order valence-corrected chi connectivity index (χ4v) is 7.10. The van der Waals surface area contributed by atoms with Gasteiger partial charge >= 0.3 is 5.97 Å². The first-order chi connectivity index (χ1) is 18.4. The molecule has 5 rings (SSSR count). The van der Waals surface area contributed by atoms with Gasteiger partial charge in [0.25, 0.3) is 11.8 Å². The number of anilines is 1. The number of nitrogens with one attached hydrogen (secondary N) is 1. The first-order valence-corrected chi connectivity index (χ1v) is 15.0. The molecule has 198 valence electrons. The number of aromatic nitrogens is 5. The molecule has 0 radical (unpaired) electrons. The molecule has 3 aliphatic rings. The van der Waals surface area contributed by atoms with E-state index in [0.29, 0.717) is 16.5 Å². The first kappa shape index (κ1) is 26.3. The molecule has 0 saturated carbocycles. The number of aliphatic carboxylic acids is 1. The molecule has 0 spiro atoms. The number of carbonyl (C=O) groups excluding carboxylic acids is 2. The Bertz CT molecular complexity index is 1380. The van der Waals surface area contributed by atoms with Crippen LogP contribution in [0.25, 0.3) is 0 Å². The molecule has 2 fully saturated rings. The topological polar surface area (TPSA) is 191 Å². The summed E-state index contributed by atoms with van der Waals surface area (Å²) in [6.45, 7) is 0.173. The second kappa shape index (κ2) is 11.2. The van der Waals surface area contributed by atoms with E-state index in [0.717, 1.165) is 22.8 Å². The largest absolute Gasteiger partial charge is 0.477 e. The summed E-state index contributed by atoms with van der Waals surface area (Å²) >= 11 is 5.41. The van der Waals surface area contributed by atoms with Gasteiger partial charge in [0.15, 0.2) is 10.8 Å². The summed E-state index contributed by atoms with van der Waals surface area (Å²) in [6, 6.07) is -0.945.